The van der Waals surface area contributed by atoms with Crippen LogP contribution in [0.15, 0.2) is 41.2 Å². The first-order valence-electron chi connectivity index (χ1n) is 10.2. The number of phenolic OH excluding ortho intramolecular Hbond substituents is 2. The summed E-state index contributed by atoms with van der Waals surface area (Å²) in [6.45, 7) is 5.78. The fourth-order valence-electron chi connectivity index (χ4n) is 3.73. The van der Waals surface area contributed by atoms with Gasteiger partial charge in [-0.25, -0.2) is 14.5 Å². The van der Waals surface area contributed by atoms with E-state index in [9.17, 15) is 15.0 Å². The standard InChI is InChI=1S/C22H26N4O4/c1-13(2)17-11-18(20(28)12-19(17)27)21-24-25-22(29)26(21)14-3-5-15(6-4-14)30-16-7-9-23-10-8-16/h3-6,11-13,16,23,27-28H,7-10H2,1-2H3,(H,25,29). The molecule has 1 aromatic heterocycles. The Morgan fingerprint density at radius 2 is 1.80 bits per heavy atom. The summed E-state index contributed by atoms with van der Waals surface area (Å²) in [6, 6.07) is 10.2. The second kappa shape index (κ2) is 8.23. The number of nitrogens with zero attached hydrogens (tertiary/aromatic N) is 2. The summed E-state index contributed by atoms with van der Waals surface area (Å²) in [5.74, 6) is 0.915. The van der Waals surface area contributed by atoms with Gasteiger partial charge < -0.3 is 20.3 Å². The van der Waals surface area contributed by atoms with E-state index in [2.05, 4.69) is 15.5 Å². The van der Waals surface area contributed by atoms with E-state index >= 15 is 0 Å². The van der Waals surface area contributed by atoms with Crippen molar-refractivity contribution < 1.29 is 14.9 Å². The van der Waals surface area contributed by atoms with Gasteiger partial charge in [-0.15, -0.1) is 0 Å². The van der Waals surface area contributed by atoms with Gasteiger partial charge in [-0.3, -0.25) is 0 Å². The fraction of sp³-hybridized carbons (Fsp3) is 0.364. The predicted molar refractivity (Wildman–Crippen MR) is 114 cm³/mol. The summed E-state index contributed by atoms with van der Waals surface area (Å²) < 4.78 is 7.42. The zero-order valence-corrected chi connectivity index (χ0v) is 17.1. The van der Waals surface area contributed by atoms with Gasteiger partial charge in [-0.1, -0.05) is 13.8 Å². The number of H-pyrrole nitrogens is 1. The number of aromatic hydroxyl groups is 2. The van der Waals surface area contributed by atoms with E-state index in [4.69, 9.17) is 4.74 Å². The zero-order chi connectivity index (χ0) is 21.3. The first-order valence-corrected chi connectivity index (χ1v) is 10.2. The first-order chi connectivity index (χ1) is 14.4. The highest BCUT2D eigenvalue weighted by atomic mass is 16.5. The molecular formula is C22H26N4O4. The molecule has 1 saturated heterocycles. The molecule has 0 bridgehead atoms. The SMILES string of the molecule is CC(C)c1cc(-c2n[nH]c(=O)n2-c2ccc(OC3CCNCC3)cc2)c(O)cc1O. The molecule has 0 unspecified atom stereocenters. The Labute approximate surface area is 174 Å². The molecule has 0 aliphatic carbocycles. The van der Waals surface area contributed by atoms with Crippen molar-refractivity contribution in [1.82, 2.24) is 20.1 Å². The maximum atomic E-state index is 12.5. The lowest BCUT2D eigenvalue weighted by Gasteiger charge is -2.23. The molecule has 2 aromatic carbocycles. The van der Waals surface area contributed by atoms with Gasteiger partial charge in [0.15, 0.2) is 5.82 Å². The summed E-state index contributed by atoms with van der Waals surface area (Å²) >= 11 is 0. The second-order valence-corrected chi connectivity index (χ2v) is 7.83. The number of nitrogens with one attached hydrogen (secondary N) is 2. The van der Waals surface area contributed by atoms with E-state index in [-0.39, 0.29) is 29.3 Å². The van der Waals surface area contributed by atoms with Crippen LogP contribution in [0.1, 0.15) is 38.2 Å². The van der Waals surface area contributed by atoms with E-state index in [1.54, 1.807) is 18.2 Å². The zero-order valence-electron chi connectivity index (χ0n) is 17.1. The minimum atomic E-state index is -0.421. The van der Waals surface area contributed by atoms with Crippen LogP contribution >= 0.6 is 0 Å². The van der Waals surface area contributed by atoms with Gasteiger partial charge in [-0.05, 0) is 67.7 Å². The molecule has 0 spiro atoms. The van der Waals surface area contributed by atoms with Gasteiger partial charge in [0, 0.05) is 6.07 Å². The molecule has 1 aliphatic rings. The van der Waals surface area contributed by atoms with Crippen molar-refractivity contribution in [1.29, 1.82) is 0 Å². The molecular weight excluding hydrogens is 384 g/mol. The molecule has 2 heterocycles. The number of aromatic nitrogens is 3. The Kier molecular flexibility index (Phi) is 5.50. The largest absolute Gasteiger partial charge is 0.508 e. The van der Waals surface area contributed by atoms with Crippen molar-refractivity contribution in [3.8, 4) is 34.3 Å². The summed E-state index contributed by atoms with van der Waals surface area (Å²) in [6.07, 6.45) is 2.12. The van der Waals surface area contributed by atoms with Crippen LogP contribution in [-0.4, -0.2) is 44.2 Å². The number of hydrogen-bond acceptors (Lipinski definition) is 6. The van der Waals surface area contributed by atoms with Crippen LogP contribution in [0.5, 0.6) is 17.2 Å². The molecule has 1 fully saturated rings. The second-order valence-electron chi connectivity index (χ2n) is 7.83. The molecule has 0 atom stereocenters. The van der Waals surface area contributed by atoms with E-state index in [1.807, 2.05) is 26.0 Å². The number of phenols is 2. The van der Waals surface area contributed by atoms with E-state index < -0.39 is 5.69 Å². The van der Waals surface area contributed by atoms with Crippen molar-refractivity contribution in [3.05, 3.63) is 52.4 Å². The van der Waals surface area contributed by atoms with E-state index in [0.717, 1.165) is 31.7 Å². The van der Waals surface area contributed by atoms with Crippen LogP contribution in [0, 0.1) is 0 Å². The topological polar surface area (TPSA) is 112 Å². The van der Waals surface area contributed by atoms with Crippen LogP contribution in [0.2, 0.25) is 0 Å². The molecule has 0 radical (unpaired) electrons. The molecule has 158 valence electrons. The smallest absolute Gasteiger partial charge is 0.348 e. The molecule has 1 aliphatic heterocycles. The lowest BCUT2D eigenvalue weighted by Crippen LogP contribution is -2.34. The van der Waals surface area contributed by atoms with Crippen LogP contribution in [0.25, 0.3) is 17.1 Å². The Balaban J connectivity index is 1.68. The van der Waals surface area contributed by atoms with Crippen molar-refractivity contribution in [2.24, 2.45) is 0 Å². The van der Waals surface area contributed by atoms with Gasteiger partial charge in [-0.2, -0.15) is 5.10 Å². The molecule has 4 rings (SSSR count). The van der Waals surface area contributed by atoms with Gasteiger partial charge in [0.05, 0.1) is 11.3 Å². The van der Waals surface area contributed by atoms with Crippen LogP contribution in [0.3, 0.4) is 0 Å². The molecule has 4 N–H and O–H groups in total. The van der Waals surface area contributed by atoms with Gasteiger partial charge in [0.25, 0.3) is 0 Å². The predicted octanol–water partition coefficient (Wildman–Crippen LogP) is 2.89. The van der Waals surface area contributed by atoms with Gasteiger partial charge in [0.1, 0.15) is 23.4 Å². The van der Waals surface area contributed by atoms with E-state index in [1.165, 1.54) is 10.6 Å². The summed E-state index contributed by atoms with van der Waals surface area (Å²) in [7, 11) is 0. The van der Waals surface area contributed by atoms with Crippen LogP contribution < -0.4 is 15.7 Å². The van der Waals surface area contributed by atoms with Crippen molar-refractivity contribution in [2.45, 2.75) is 38.7 Å². The highest BCUT2D eigenvalue weighted by Gasteiger charge is 2.20. The maximum absolute atomic E-state index is 12.5. The Bertz CT molecular complexity index is 1080. The number of ether oxygens (including phenoxy) is 1. The quantitative estimate of drug-likeness (QED) is 0.515. The van der Waals surface area contributed by atoms with Crippen LogP contribution in [0.4, 0.5) is 0 Å². The van der Waals surface area contributed by atoms with Crippen molar-refractivity contribution >= 4 is 0 Å². The monoisotopic (exact) mass is 410 g/mol. The number of aromatic amines is 1. The van der Waals surface area contributed by atoms with Gasteiger partial charge in [0.2, 0.25) is 0 Å². The summed E-state index contributed by atoms with van der Waals surface area (Å²) in [4.78, 5) is 12.5. The highest BCUT2D eigenvalue weighted by Crippen LogP contribution is 2.37. The average Bonchev–Trinajstić information content (AvgIpc) is 3.10. The molecule has 0 amide bonds. The lowest BCUT2D eigenvalue weighted by molar-refractivity contribution is 0.162. The maximum Gasteiger partial charge on any atom is 0.348 e. The normalized spacial score (nSPS) is 14.9. The third-order valence-electron chi connectivity index (χ3n) is 5.36. The Hall–Kier alpha value is -3.26. The number of piperidine rings is 1. The first kappa shape index (κ1) is 20.0. The molecule has 3 aromatic rings. The average molecular weight is 410 g/mol. The Morgan fingerprint density at radius 1 is 1.10 bits per heavy atom. The summed E-state index contributed by atoms with van der Waals surface area (Å²) in [5.41, 5.74) is 1.20. The van der Waals surface area contributed by atoms with Crippen LogP contribution in [-0.2, 0) is 0 Å². The van der Waals surface area contributed by atoms with Crippen molar-refractivity contribution in [3.63, 3.8) is 0 Å². The lowest BCUT2D eigenvalue weighted by atomic mass is 9.98. The third-order valence-corrected chi connectivity index (χ3v) is 5.36. The van der Waals surface area contributed by atoms with E-state index in [0.29, 0.717) is 16.8 Å². The minimum Gasteiger partial charge on any atom is -0.508 e. The summed E-state index contributed by atoms with van der Waals surface area (Å²) in [5, 5.41) is 30.4. The molecule has 0 saturated carbocycles. The number of benzene rings is 2. The Morgan fingerprint density at radius 3 is 2.47 bits per heavy atom. The fourth-order valence-corrected chi connectivity index (χ4v) is 3.73. The highest BCUT2D eigenvalue weighted by molar-refractivity contribution is 5.69. The number of rotatable bonds is 5. The van der Waals surface area contributed by atoms with Crippen molar-refractivity contribution in [2.75, 3.05) is 13.1 Å². The molecule has 8 nitrogen and oxygen atoms in total. The molecule has 30 heavy (non-hydrogen) atoms. The molecule has 8 heteroatoms. The number of hydrogen-bond donors (Lipinski definition) is 4. The minimum absolute atomic E-state index is 0.00935. The third kappa shape index (κ3) is 3.91. The van der Waals surface area contributed by atoms with Gasteiger partial charge >= 0.3 is 5.69 Å².